The maximum absolute atomic E-state index is 5.88. The summed E-state index contributed by atoms with van der Waals surface area (Å²) in [5, 5.41) is 0.374. The van der Waals surface area contributed by atoms with Crippen molar-refractivity contribution in [1.29, 1.82) is 0 Å². The molecule has 0 saturated carbocycles. The molecule has 0 aliphatic rings. The first-order valence-corrected chi connectivity index (χ1v) is 4.78. The van der Waals surface area contributed by atoms with Gasteiger partial charge in [0.05, 0.1) is 5.88 Å². The summed E-state index contributed by atoms with van der Waals surface area (Å²) in [6, 6.07) is 0. The van der Waals surface area contributed by atoms with Gasteiger partial charge in [0.15, 0.2) is 0 Å². The van der Waals surface area contributed by atoms with Gasteiger partial charge in [-0.3, -0.25) is 4.57 Å². The summed E-state index contributed by atoms with van der Waals surface area (Å²) in [7, 11) is 0. The molecule has 2 rings (SSSR count). The van der Waals surface area contributed by atoms with Gasteiger partial charge in [-0.15, -0.1) is 11.6 Å². The second kappa shape index (κ2) is 3.94. The van der Waals surface area contributed by atoms with Crippen molar-refractivity contribution in [2.24, 2.45) is 0 Å². The molecule has 0 aliphatic heterocycles. The number of nitrogens with zero attached hydrogens (tertiary/aromatic N) is 4. The van der Waals surface area contributed by atoms with Crippen LogP contribution in [0.1, 0.15) is 5.56 Å². The molecule has 0 radical (unpaired) electrons. The highest BCUT2D eigenvalue weighted by atomic mass is 35.5. The number of hydrogen-bond donors (Lipinski definition) is 0. The molecule has 2 aromatic heterocycles. The quantitative estimate of drug-likeness (QED) is 0.584. The minimum absolute atomic E-state index is 0.271. The molecule has 0 aromatic carbocycles. The van der Waals surface area contributed by atoms with Gasteiger partial charge in [-0.25, -0.2) is 15.0 Å². The van der Waals surface area contributed by atoms with E-state index < -0.39 is 0 Å². The third-order valence-electron chi connectivity index (χ3n) is 1.75. The monoisotopic (exact) mass is 228 g/mol. The van der Waals surface area contributed by atoms with Crippen molar-refractivity contribution < 1.29 is 0 Å². The van der Waals surface area contributed by atoms with Crippen LogP contribution in [0, 0.1) is 0 Å². The Bertz CT molecular complexity index is 427. The van der Waals surface area contributed by atoms with Gasteiger partial charge in [-0.2, -0.15) is 0 Å². The molecule has 0 unspecified atom stereocenters. The maximum atomic E-state index is 5.88. The van der Waals surface area contributed by atoms with Crippen LogP contribution < -0.4 is 0 Å². The van der Waals surface area contributed by atoms with Crippen molar-refractivity contribution in [2.45, 2.75) is 5.88 Å². The van der Waals surface area contributed by atoms with Gasteiger partial charge < -0.3 is 0 Å². The van der Waals surface area contributed by atoms with Crippen molar-refractivity contribution >= 4 is 23.2 Å². The number of alkyl halides is 1. The Balaban J connectivity index is 2.58. The van der Waals surface area contributed by atoms with Gasteiger partial charge in [-0.05, 0) is 0 Å². The van der Waals surface area contributed by atoms with Crippen LogP contribution in [0.5, 0.6) is 0 Å². The average molecular weight is 229 g/mol. The van der Waals surface area contributed by atoms with E-state index in [0.29, 0.717) is 16.5 Å². The molecule has 0 amide bonds. The molecule has 6 heteroatoms. The zero-order valence-electron chi connectivity index (χ0n) is 7.06. The molecule has 0 aliphatic carbocycles. The Morgan fingerprint density at radius 3 is 2.86 bits per heavy atom. The molecule has 0 spiro atoms. The van der Waals surface area contributed by atoms with Crippen molar-refractivity contribution in [1.82, 2.24) is 19.5 Å². The summed E-state index contributed by atoms with van der Waals surface area (Å²) in [6.45, 7) is 0. The van der Waals surface area contributed by atoms with Gasteiger partial charge >= 0.3 is 0 Å². The van der Waals surface area contributed by atoms with Crippen molar-refractivity contribution in [3.8, 4) is 5.82 Å². The largest absolute Gasteiger partial charge is 0.290 e. The Morgan fingerprint density at radius 2 is 2.21 bits per heavy atom. The van der Waals surface area contributed by atoms with Gasteiger partial charge in [0.2, 0.25) is 0 Å². The summed E-state index contributed by atoms with van der Waals surface area (Å²) in [5.41, 5.74) is 0.703. The van der Waals surface area contributed by atoms with Crippen molar-refractivity contribution in [3.05, 3.63) is 35.8 Å². The van der Waals surface area contributed by atoms with Crippen LogP contribution in [-0.4, -0.2) is 19.5 Å². The summed E-state index contributed by atoms with van der Waals surface area (Å²) >= 11 is 11.6. The Hall–Kier alpha value is -1.13. The fourth-order valence-electron chi connectivity index (χ4n) is 1.10. The van der Waals surface area contributed by atoms with E-state index in [0.717, 1.165) is 0 Å². The summed E-state index contributed by atoms with van der Waals surface area (Å²) in [6.07, 6.45) is 6.46. The second-order valence-corrected chi connectivity index (χ2v) is 3.20. The highest BCUT2D eigenvalue weighted by Crippen LogP contribution is 2.20. The molecule has 0 saturated heterocycles. The summed E-state index contributed by atoms with van der Waals surface area (Å²) in [4.78, 5) is 11.9. The lowest BCUT2D eigenvalue weighted by atomic mass is 10.3. The predicted octanol–water partition coefficient (Wildman–Crippen LogP) is 2.05. The van der Waals surface area contributed by atoms with Crippen LogP contribution in [0.4, 0.5) is 0 Å². The van der Waals surface area contributed by atoms with Gasteiger partial charge in [0.25, 0.3) is 0 Å². The Morgan fingerprint density at radius 1 is 1.36 bits per heavy atom. The first-order chi connectivity index (χ1) is 6.83. The van der Waals surface area contributed by atoms with E-state index in [4.69, 9.17) is 23.2 Å². The molecule has 0 fully saturated rings. The fraction of sp³-hybridized carbons (Fsp3) is 0.125. The lowest BCUT2D eigenvalue weighted by Gasteiger charge is -2.06. The molecule has 2 heterocycles. The Kier molecular flexibility index (Phi) is 2.65. The molecular formula is C8H6Cl2N4. The summed E-state index contributed by atoms with van der Waals surface area (Å²) < 4.78 is 1.74. The SMILES string of the molecule is ClCc1c(Cl)ncnc1-n1ccnc1. The number of rotatable bonds is 2. The van der Waals surface area contributed by atoms with Crippen LogP contribution in [0.3, 0.4) is 0 Å². The molecule has 4 nitrogen and oxygen atoms in total. The second-order valence-electron chi connectivity index (χ2n) is 2.57. The van der Waals surface area contributed by atoms with Crippen LogP contribution in [-0.2, 0) is 5.88 Å². The first-order valence-electron chi connectivity index (χ1n) is 3.86. The minimum Gasteiger partial charge on any atom is -0.290 e. The average Bonchev–Trinajstić information content (AvgIpc) is 2.70. The number of imidazole rings is 1. The van der Waals surface area contributed by atoms with Crippen LogP contribution in [0.25, 0.3) is 5.82 Å². The van der Waals surface area contributed by atoms with E-state index in [2.05, 4.69) is 15.0 Å². The normalized spacial score (nSPS) is 10.4. The van der Waals surface area contributed by atoms with Gasteiger partial charge in [0.1, 0.15) is 23.6 Å². The third-order valence-corrected chi connectivity index (χ3v) is 2.35. The first kappa shape index (κ1) is 9.43. The van der Waals surface area contributed by atoms with Gasteiger partial charge in [0, 0.05) is 18.0 Å². The molecular weight excluding hydrogens is 223 g/mol. The van der Waals surface area contributed by atoms with Crippen LogP contribution >= 0.6 is 23.2 Å². The van der Waals surface area contributed by atoms with Crippen molar-refractivity contribution in [2.75, 3.05) is 0 Å². The lowest BCUT2D eigenvalue weighted by molar-refractivity contribution is 0.945. The van der Waals surface area contributed by atoms with E-state index in [9.17, 15) is 0 Å². The molecule has 72 valence electrons. The maximum Gasteiger partial charge on any atom is 0.147 e. The fourth-order valence-corrected chi connectivity index (χ4v) is 1.61. The van der Waals surface area contributed by atoms with E-state index in [1.165, 1.54) is 6.33 Å². The standard InChI is InChI=1S/C8H6Cl2N4/c9-3-6-7(10)12-4-13-8(6)14-2-1-11-5-14/h1-2,4-5H,3H2. The zero-order chi connectivity index (χ0) is 9.97. The zero-order valence-corrected chi connectivity index (χ0v) is 8.57. The van der Waals surface area contributed by atoms with E-state index in [1.807, 2.05) is 0 Å². The van der Waals surface area contributed by atoms with E-state index in [-0.39, 0.29) is 5.88 Å². The van der Waals surface area contributed by atoms with Crippen molar-refractivity contribution in [3.63, 3.8) is 0 Å². The lowest BCUT2D eigenvalue weighted by Crippen LogP contribution is -2.01. The predicted molar refractivity (Wildman–Crippen MR) is 53.7 cm³/mol. The Labute approximate surface area is 90.5 Å². The van der Waals surface area contributed by atoms with Crippen LogP contribution in [0.15, 0.2) is 25.0 Å². The van der Waals surface area contributed by atoms with E-state index >= 15 is 0 Å². The highest BCUT2D eigenvalue weighted by molar-refractivity contribution is 6.31. The molecule has 0 bridgehead atoms. The topological polar surface area (TPSA) is 43.6 Å². The molecule has 0 atom stereocenters. The number of halogens is 2. The summed E-state index contributed by atoms with van der Waals surface area (Å²) in [5.74, 6) is 0.935. The van der Waals surface area contributed by atoms with E-state index in [1.54, 1.807) is 23.3 Å². The van der Waals surface area contributed by atoms with Gasteiger partial charge in [-0.1, -0.05) is 11.6 Å². The smallest absolute Gasteiger partial charge is 0.147 e. The molecule has 2 aromatic rings. The number of aromatic nitrogens is 4. The third kappa shape index (κ3) is 1.58. The minimum atomic E-state index is 0.271. The number of hydrogen-bond acceptors (Lipinski definition) is 3. The molecule has 14 heavy (non-hydrogen) atoms. The highest BCUT2D eigenvalue weighted by Gasteiger charge is 2.09. The molecule has 0 N–H and O–H groups in total. The van der Waals surface area contributed by atoms with Crippen LogP contribution in [0.2, 0.25) is 5.15 Å².